The molecule has 21 heavy (non-hydrogen) atoms. The summed E-state index contributed by atoms with van der Waals surface area (Å²) in [5, 5.41) is 3.52. The summed E-state index contributed by atoms with van der Waals surface area (Å²) < 4.78 is 35.6. The molecular weight excluding hydrogens is 296 g/mol. The smallest absolute Gasteiger partial charge is 0.240 e. The maximum Gasteiger partial charge on any atom is 0.240 e. The molecule has 0 aliphatic heterocycles. The number of carbonyl (C=O) groups excluding carboxylic acids is 1. The van der Waals surface area contributed by atoms with E-state index in [4.69, 9.17) is 4.74 Å². The average molecular weight is 316 g/mol. The third-order valence-corrected chi connectivity index (χ3v) is 4.91. The van der Waals surface area contributed by atoms with Crippen molar-refractivity contribution in [1.29, 1.82) is 0 Å². The second-order valence-corrected chi connectivity index (χ2v) is 7.08. The van der Waals surface area contributed by atoms with Gasteiger partial charge in [-0.15, -0.1) is 0 Å². The number of sulfonamides is 1. The number of amides is 1. The van der Waals surface area contributed by atoms with Crippen molar-refractivity contribution in [2.45, 2.75) is 44.0 Å². The third kappa shape index (κ3) is 5.13. The summed E-state index contributed by atoms with van der Waals surface area (Å²) in [7, 11) is -2.03. The van der Waals surface area contributed by atoms with Crippen LogP contribution in [0.4, 0.5) is 0 Å². The van der Waals surface area contributed by atoms with E-state index in [0.717, 1.165) is 25.7 Å². The van der Waals surface area contributed by atoms with Crippen molar-refractivity contribution in [3.63, 3.8) is 0 Å². The average Bonchev–Trinajstić information content (AvgIpc) is 2.90. The van der Waals surface area contributed by atoms with Crippen LogP contribution in [-0.4, -0.2) is 32.7 Å². The number of hydrogen-bond donors (Lipinski definition) is 1. The monoisotopic (exact) mass is 316 g/mol. The van der Waals surface area contributed by atoms with E-state index in [2.05, 4.69) is 14.4 Å². The SMILES string of the molecule is COC1CCC(CC(=O)NS(=O)(=O)Cc2ccon2)CC1. The van der Waals surface area contributed by atoms with Crippen molar-refractivity contribution in [3.8, 4) is 0 Å². The Morgan fingerprint density at radius 2 is 2.14 bits per heavy atom. The molecule has 1 aromatic heterocycles. The fraction of sp³-hybridized carbons (Fsp3) is 0.692. The van der Waals surface area contributed by atoms with Crippen molar-refractivity contribution < 1.29 is 22.5 Å². The highest BCUT2D eigenvalue weighted by atomic mass is 32.2. The van der Waals surface area contributed by atoms with Gasteiger partial charge in [0.15, 0.2) is 0 Å². The molecule has 1 fully saturated rings. The van der Waals surface area contributed by atoms with Crippen LogP contribution in [0.25, 0.3) is 0 Å². The number of aromatic nitrogens is 1. The van der Waals surface area contributed by atoms with E-state index in [-0.39, 0.29) is 29.9 Å². The largest absolute Gasteiger partial charge is 0.381 e. The Kier molecular flexibility index (Phi) is 5.35. The molecular formula is C13H20N2O5S. The molecule has 1 aliphatic carbocycles. The van der Waals surface area contributed by atoms with Crippen LogP contribution in [0, 0.1) is 5.92 Å². The number of methoxy groups -OCH3 is 1. The molecule has 1 aromatic rings. The zero-order chi connectivity index (χ0) is 15.3. The van der Waals surface area contributed by atoms with Crippen LogP contribution in [0.5, 0.6) is 0 Å². The molecule has 7 nitrogen and oxygen atoms in total. The minimum absolute atomic E-state index is 0.221. The van der Waals surface area contributed by atoms with Gasteiger partial charge < -0.3 is 9.26 Å². The first kappa shape index (κ1) is 16.0. The molecule has 0 atom stereocenters. The summed E-state index contributed by atoms with van der Waals surface area (Å²) in [5.41, 5.74) is 0.274. The Morgan fingerprint density at radius 3 is 2.71 bits per heavy atom. The van der Waals surface area contributed by atoms with Crippen LogP contribution in [0.3, 0.4) is 0 Å². The Labute approximate surface area is 124 Å². The molecule has 0 radical (unpaired) electrons. The van der Waals surface area contributed by atoms with E-state index in [1.54, 1.807) is 7.11 Å². The van der Waals surface area contributed by atoms with Crippen molar-refractivity contribution >= 4 is 15.9 Å². The summed E-state index contributed by atoms with van der Waals surface area (Å²) >= 11 is 0. The summed E-state index contributed by atoms with van der Waals surface area (Å²) in [6.07, 6.45) is 5.39. The summed E-state index contributed by atoms with van der Waals surface area (Å²) in [5.74, 6) is -0.593. The van der Waals surface area contributed by atoms with Gasteiger partial charge in [-0.25, -0.2) is 8.42 Å². The maximum atomic E-state index is 11.8. The van der Waals surface area contributed by atoms with Gasteiger partial charge in [0.25, 0.3) is 0 Å². The van der Waals surface area contributed by atoms with Crippen LogP contribution in [0.15, 0.2) is 16.9 Å². The Hall–Kier alpha value is -1.41. The minimum Gasteiger partial charge on any atom is -0.381 e. The lowest BCUT2D eigenvalue weighted by Gasteiger charge is -2.27. The topological polar surface area (TPSA) is 98.5 Å². The van der Waals surface area contributed by atoms with E-state index in [9.17, 15) is 13.2 Å². The molecule has 0 bridgehead atoms. The molecule has 1 amide bonds. The maximum absolute atomic E-state index is 11.8. The number of hydrogen-bond acceptors (Lipinski definition) is 6. The zero-order valence-corrected chi connectivity index (χ0v) is 12.8. The third-order valence-electron chi connectivity index (χ3n) is 3.70. The standard InChI is InChI=1S/C13H20N2O5S/c1-19-12-4-2-10(3-5-12)8-13(16)15-21(17,18)9-11-6-7-20-14-11/h6-7,10,12H,2-5,8-9H2,1H3,(H,15,16). The molecule has 1 heterocycles. The van der Waals surface area contributed by atoms with Gasteiger partial charge in [-0.1, -0.05) is 5.16 Å². The second kappa shape index (κ2) is 7.04. The summed E-state index contributed by atoms with van der Waals surface area (Å²) in [4.78, 5) is 11.8. The van der Waals surface area contributed by atoms with Crippen LogP contribution in [0.2, 0.25) is 0 Å². The van der Waals surface area contributed by atoms with Crippen LogP contribution in [0.1, 0.15) is 37.8 Å². The Morgan fingerprint density at radius 1 is 1.43 bits per heavy atom. The predicted molar refractivity (Wildman–Crippen MR) is 74.6 cm³/mol. The van der Waals surface area contributed by atoms with Crippen LogP contribution in [-0.2, 0) is 25.3 Å². The van der Waals surface area contributed by atoms with Gasteiger partial charge >= 0.3 is 0 Å². The van der Waals surface area contributed by atoms with Gasteiger partial charge in [0, 0.05) is 19.6 Å². The van der Waals surface area contributed by atoms with Crippen LogP contribution >= 0.6 is 0 Å². The first-order chi connectivity index (χ1) is 9.98. The molecule has 8 heteroatoms. The number of nitrogens with zero attached hydrogens (tertiary/aromatic N) is 1. The van der Waals surface area contributed by atoms with Gasteiger partial charge in [0.2, 0.25) is 15.9 Å². The van der Waals surface area contributed by atoms with E-state index in [0.29, 0.717) is 0 Å². The van der Waals surface area contributed by atoms with Crippen molar-refractivity contribution in [2.75, 3.05) is 7.11 Å². The molecule has 0 aromatic carbocycles. The summed E-state index contributed by atoms with van der Waals surface area (Å²) in [6.45, 7) is 0. The molecule has 118 valence electrons. The Balaban J connectivity index is 1.79. The van der Waals surface area contributed by atoms with Gasteiger partial charge in [-0.3, -0.25) is 9.52 Å². The minimum atomic E-state index is -3.72. The number of ether oxygens (including phenoxy) is 1. The van der Waals surface area contributed by atoms with Crippen LogP contribution < -0.4 is 4.72 Å². The number of carbonyl (C=O) groups is 1. The fourth-order valence-corrected chi connectivity index (χ4v) is 3.63. The first-order valence-corrected chi connectivity index (χ1v) is 8.59. The molecule has 0 unspecified atom stereocenters. The van der Waals surface area contributed by atoms with Crippen molar-refractivity contribution in [3.05, 3.63) is 18.0 Å². The van der Waals surface area contributed by atoms with Gasteiger partial charge in [0.1, 0.15) is 17.7 Å². The predicted octanol–water partition coefficient (Wildman–Crippen LogP) is 1.22. The van der Waals surface area contributed by atoms with Crippen molar-refractivity contribution in [2.24, 2.45) is 5.92 Å². The quantitative estimate of drug-likeness (QED) is 0.847. The molecule has 1 aliphatic rings. The zero-order valence-electron chi connectivity index (χ0n) is 11.9. The van der Waals surface area contributed by atoms with Gasteiger partial charge in [-0.05, 0) is 31.6 Å². The van der Waals surface area contributed by atoms with E-state index in [1.165, 1.54) is 12.3 Å². The lowest BCUT2D eigenvalue weighted by molar-refractivity contribution is -0.120. The van der Waals surface area contributed by atoms with E-state index < -0.39 is 15.9 Å². The Bertz CT molecular complexity index is 547. The molecule has 1 saturated carbocycles. The number of nitrogens with one attached hydrogen (secondary N) is 1. The molecule has 0 saturated heterocycles. The van der Waals surface area contributed by atoms with Gasteiger partial charge in [0.05, 0.1) is 6.10 Å². The number of rotatable bonds is 6. The fourth-order valence-electron chi connectivity index (χ4n) is 2.59. The second-order valence-electron chi connectivity index (χ2n) is 5.36. The highest BCUT2D eigenvalue weighted by Crippen LogP contribution is 2.28. The molecule has 2 rings (SSSR count). The highest BCUT2D eigenvalue weighted by Gasteiger charge is 2.24. The lowest BCUT2D eigenvalue weighted by atomic mass is 9.85. The van der Waals surface area contributed by atoms with Gasteiger partial charge in [-0.2, -0.15) is 0 Å². The van der Waals surface area contributed by atoms with Crippen molar-refractivity contribution in [1.82, 2.24) is 9.88 Å². The first-order valence-electron chi connectivity index (χ1n) is 6.94. The van der Waals surface area contributed by atoms with E-state index >= 15 is 0 Å². The summed E-state index contributed by atoms with van der Waals surface area (Å²) in [6, 6.07) is 1.45. The van der Waals surface area contributed by atoms with E-state index in [1.807, 2.05) is 0 Å². The molecule has 0 spiro atoms. The normalized spacial score (nSPS) is 22.9. The lowest BCUT2D eigenvalue weighted by Crippen LogP contribution is -2.34. The molecule has 1 N–H and O–H groups in total. The highest BCUT2D eigenvalue weighted by molar-refractivity contribution is 7.89.